The maximum atomic E-state index is 11.6. The Morgan fingerprint density at radius 3 is 2.48 bits per heavy atom. The lowest BCUT2D eigenvalue weighted by atomic mass is 9.83. The first kappa shape index (κ1) is 21.2. The van der Waals surface area contributed by atoms with Gasteiger partial charge in [-0.2, -0.15) is 0 Å². The van der Waals surface area contributed by atoms with Gasteiger partial charge in [0.05, 0.1) is 0 Å². The highest BCUT2D eigenvalue weighted by atomic mass is 16.5. The molecule has 1 saturated carbocycles. The Bertz CT molecular complexity index is 607. The summed E-state index contributed by atoms with van der Waals surface area (Å²) < 4.78 is 5.59. The van der Waals surface area contributed by atoms with Crippen LogP contribution in [0.25, 0.3) is 0 Å². The van der Waals surface area contributed by atoms with E-state index in [-0.39, 0.29) is 5.91 Å². The van der Waals surface area contributed by atoms with Crippen LogP contribution >= 0.6 is 0 Å². The number of hydrogen-bond donors (Lipinski definition) is 3. The zero-order valence-electron chi connectivity index (χ0n) is 16.9. The molecule has 6 nitrogen and oxygen atoms in total. The van der Waals surface area contributed by atoms with Crippen molar-refractivity contribution in [3.05, 3.63) is 35.4 Å². The van der Waals surface area contributed by atoms with Gasteiger partial charge in [0, 0.05) is 46.0 Å². The van der Waals surface area contributed by atoms with Crippen molar-refractivity contribution < 1.29 is 9.53 Å². The van der Waals surface area contributed by atoms with Crippen LogP contribution in [-0.2, 0) is 11.3 Å². The van der Waals surface area contributed by atoms with Gasteiger partial charge in [0.1, 0.15) is 0 Å². The van der Waals surface area contributed by atoms with Gasteiger partial charge in [-0.3, -0.25) is 9.79 Å². The first-order valence-electron chi connectivity index (χ1n) is 9.96. The van der Waals surface area contributed by atoms with Gasteiger partial charge in [0.25, 0.3) is 5.91 Å². The lowest BCUT2D eigenvalue weighted by Gasteiger charge is -2.30. The topological polar surface area (TPSA) is 74.8 Å². The van der Waals surface area contributed by atoms with Gasteiger partial charge < -0.3 is 20.7 Å². The van der Waals surface area contributed by atoms with Crippen molar-refractivity contribution in [2.45, 2.75) is 45.6 Å². The van der Waals surface area contributed by atoms with Crippen LogP contribution in [0.2, 0.25) is 0 Å². The van der Waals surface area contributed by atoms with E-state index in [2.05, 4.69) is 20.9 Å². The van der Waals surface area contributed by atoms with E-state index in [4.69, 9.17) is 4.74 Å². The molecule has 1 aromatic carbocycles. The first-order valence-corrected chi connectivity index (χ1v) is 9.96. The molecule has 0 atom stereocenters. The molecule has 6 heteroatoms. The molecule has 0 heterocycles. The van der Waals surface area contributed by atoms with Crippen molar-refractivity contribution in [2.24, 2.45) is 10.4 Å². The van der Waals surface area contributed by atoms with Crippen molar-refractivity contribution in [3.63, 3.8) is 0 Å². The molecular weight excluding hydrogens is 340 g/mol. The minimum Gasteiger partial charge on any atom is -0.382 e. The summed E-state index contributed by atoms with van der Waals surface area (Å²) in [5, 5.41) is 9.50. The number of rotatable bonds is 9. The fraction of sp³-hybridized carbons (Fsp3) is 0.619. The zero-order chi connectivity index (χ0) is 19.5. The molecule has 0 radical (unpaired) electrons. The number of hydrogen-bond acceptors (Lipinski definition) is 3. The fourth-order valence-electron chi connectivity index (χ4n) is 3.67. The van der Waals surface area contributed by atoms with Crippen molar-refractivity contribution in [3.8, 4) is 0 Å². The van der Waals surface area contributed by atoms with Gasteiger partial charge in [-0.15, -0.1) is 0 Å². The Morgan fingerprint density at radius 2 is 1.89 bits per heavy atom. The summed E-state index contributed by atoms with van der Waals surface area (Å²) >= 11 is 0. The standard InChI is InChI=1S/C21H34N4O2/c1-4-27-14-13-21(11-5-6-12-21)16-25-20(23-3)24-15-17-7-9-18(10-8-17)19(26)22-2/h7-10H,4-6,11-16H2,1-3H3,(H,22,26)(H2,23,24,25). The summed E-state index contributed by atoms with van der Waals surface area (Å²) in [7, 11) is 3.44. The molecule has 1 amide bonds. The Hall–Kier alpha value is -2.08. The molecular formula is C21H34N4O2. The van der Waals surface area contributed by atoms with Crippen LogP contribution in [0.4, 0.5) is 0 Å². The molecule has 0 unspecified atom stereocenters. The van der Waals surface area contributed by atoms with E-state index in [1.165, 1.54) is 25.7 Å². The lowest BCUT2D eigenvalue weighted by molar-refractivity contribution is 0.0963. The van der Waals surface area contributed by atoms with E-state index < -0.39 is 0 Å². The van der Waals surface area contributed by atoms with Crippen molar-refractivity contribution >= 4 is 11.9 Å². The average molecular weight is 375 g/mol. The highest BCUT2D eigenvalue weighted by Gasteiger charge is 2.33. The van der Waals surface area contributed by atoms with Gasteiger partial charge in [-0.1, -0.05) is 25.0 Å². The number of amides is 1. The molecule has 0 aromatic heterocycles. The zero-order valence-corrected chi connectivity index (χ0v) is 16.9. The van der Waals surface area contributed by atoms with Gasteiger partial charge in [-0.05, 0) is 49.3 Å². The molecule has 1 aliphatic rings. The number of aliphatic imine (C=N–C) groups is 1. The van der Waals surface area contributed by atoms with Crippen LogP contribution in [0.5, 0.6) is 0 Å². The number of ether oxygens (including phenoxy) is 1. The first-order chi connectivity index (χ1) is 13.1. The Balaban J connectivity index is 1.83. The third-order valence-corrected chi connectivity index (χ3v) is 5.40. The molecule has 0 spiro atoms. The predicted molar refractivity (Wildman–Crippen MR) is 110 cm³/mol. The largest absolute Gasteiger partial charge is 0.382 e. The van der Waals surface area contributed by atoms with E-state index in [1.807, 2.05) is 31.2 Å². The van der Waals surface area contributed by atoms with E-state index in [1.54, 1.807) is 14.1 Å². The maximum Gasteiger partial charge on any atom is 0.251 e. The van der Waals surface area contributed by atoms with Crippen LogP contribution in [0.15, 0.2) is 29.3 Å². The number of nitrogens with zero attached hydrogens (tertiary/aromatic N) is 1. The molecule has 2 rings (SSSR count). The molecule has 0 aliphatic heterocycles. The highest BCUT2D eigenvalue weighted by molar-refractivity contribution is 5.93. The lowest BCUT2D eigenvalue weighted by Crippen LogP contribution is -2.43. The average Bonchev–Trinajstić information content (AvgIpc) is 3.17. The molecule has 1 aliphatic carbocycles. The van der Waals surface area contributed by atoms with Gasteiger partial charge in [0.15, 0.2) is 5.96 Å². The summed E-state index contributed by atoms with van der Waals surface area (Å²) in [6.45, 7) is 5.26. The van der Waals surface area contributed by atoms with Gasteiger partial charge >= 0.3 is 0 Å². The number of benzene rings is 1. The van der Waals surface area contributed by atoms with Crippen LogP contribution in [0.3, 0.4) is 0 Å². The summed E-state index contributed by atoms with van der Waals surface area (Å²) in [6.07, 6.45) is 6.22. The normalized spacial score (nSPS) is 16.2. The SMILES string of the molecule is CCOCCC1(CNC(=NC)NCc2ccc(C(=O)NC)cc2)CCCC1. The molecule has 1 aromatic rings. The smallest absolute Gasteiger partial charge is 0.251 e. The summed E-state index contributed by atoms with van der Waals surface area (Å²) in [5.41, 5.74) is 2.10. The fourth-order valence-corrected chi connectivity index (χ4v) is 3.67. The van der Waals surface area contributed by atoms with Crippen LogP contribution < -0.4 is 16.0 Å². The van der Waals surface area contributed by atoms with Crippen molar-refractivity contribution in [2.75, 3.05) is 33.9 Å². The predicted octanol–water partition coefficient (Wildman–Crippen LogP) is 2.70. The molecule has 27 heavy (non-hydrogen) atoms. The molecule has 150 valence electrons. The van der Waals surface area contributed by atoms with Gasteiger partial charge in [-0.25, -0.2) is 0 Å². The maximum absolute atomic E-state index is 11.6. The van der Waals surface area contributed by atoms with Gasteiger partial charge in [0.2, 0.25) is 0 Å². The second kappa shape index (κ2) is 10.9. The minimum absolute atomic E-state index is 0.0686. The molecule has 0 bridgehead atoms. The third kappa shape index (κ3) is 6.54. The second-order valence-electron chi connectivity index (χ2n) is 7.21. The van der Waals surface area contributed by atoms with Crippen LogP contribution in [0, 0.1) is 5.41 Å². The quantitative estimate of drug-likeness (QED) is 0.353. The second-order valence-corrected chi connectivity index (χ2v) is 7.21. The third-order valence-electron chi connectivity index (χ3n) is 5.40. The van der Waals surface area contributed by atoms with Crippen LogP contribution in [-0.4, -0.2) is 45.7 Å². The van der Waals surface area contributed by atoms with Crippen molar-refractivity contribution in [1.29, 1.82) is 0 Å². The highest BCUT2D eigenvalue weighted by Crippen LogP contribution is 2.40. The van der Waals surface area contributed by atoms with Crippen molar-refractivity contribution in [1.82, 2.24) is 16.0 Å². The number of guanidine groups is 1. The Labute approximate surface area is 163 Å². The number of carbonyl (C=O) groups excluding carboxylic acids is 1. The molecule has 1 fully saturated rings. The van der Waals surface area contributed by atoms with Crippen LogP contribution in [0.1, 0.15) is 54.9 Å². The molecule has 0 saturated heterocycles. The monoisotopic (exact) mass is 374 g/mol. The Kier molecular flexibility index (Phi) is 8.58. The summed E-state index contributed by atoms with van der Waals surface area (Å²) in [4.78, 5) is 16.0. The number of carbonyl (C=O) groups is 1. The Morgan fingerprint density at radius 1 is 1.19 bits per heavy atom. The van der Waals surface area contributed by atoms with E-state index >= 15 is 0 Å². The van der Waals surface area contributed by atoms with E-state index in [0.717, 1.165) is 37.7 Å². The number of nitrogens with one attached hydrogen (secondary N) is 3. The molecule has 3 N–H and O–H groups in total. The summed E-state index contributed by atoms with van der Waals surface area (Å²) in [5.74, 6) is 0.744. The summed E-state index contributed by atoms with van der Waals surface area (Å²) in [6, 6.07) is 7.61. The minimum atomic E-state index is -0.0686. The van der Waals surface area contributed by atoms with E-state index in [0.29, 0.717) is 17.5 Å². The van der Waals surface area contributed by atoms with E-state index in [9.17, 15) is 4.79 Å².